The fourth-order valence-electron chi connectivity index (χ4n) is 4.49. The maximum absolute atomic E-state index is 11.8. The van der Waals surface area contributed by atoms with E-state index in [0.717, 1.165) is 12.8 Å². The van der Waals surface area contributed by atoms with Crippen molar-refractivity contribution in [3.63, 3.8) is 0 Å². The van der Waals surface area contributed by atoms with E-state index in [4.69, 9.17) is 4.74 Å². The average molecular weight is 461 g/mol. The summed E-state index contributed by atoms with van der Waals surface area (Å²) in [7, 11) is 0. The Morgan fingerprint density at radius 3 is 1.06 bits per heavy atom. The van der Waals surface area contributed by atoms with Gasteiger partial charge in [0.15, 0.2) is 0 Å². The van der Waals surface area contributed by atoms with Gasteiger partial charge in [0.25, 0.3) is 0 Å². The smallest absolute Gasteiger partial charge is 1.00 e. The second-order valence-electron chi connectivity index (χ2n) is 10.1. The van der Waals surface area contributed by atoms with Gasteiger partial charge in [-0.25, -0.2) is 0 Å². The second kappa shape index (κ2) is 32.1. The van der Waals surface area contributed by atoms with Crippen LogP contribution >= 0.6 is 0 Å². The maximum atomic E-state index is 11.8. The van der Waals surface area contributed by atoms with Crippen LogP contribution in [-0.4, -0.2) is 12.6 Å². The van der Waals surface area contributed by atoms with E-state index in [1.54, 1.807) is 0 Å². The van der Waals surface area contributed by atoms with Crippen molar-refractivity contribution in [2.24, 2.45) is 0 Å². The molecule has 0 bridgehead atoms. The van der Waals surface area contributed by atoms with Crippen LogP contribution in [0.4, 0.5) is 0 Å². The molecule has 0 rings (SSSR count). The van der Waals surface area contributed by atoms with Crippen LogP contribution < -0.4 is 18.9 Å². The van der Waals surface area contributed by atoms with Gasteiger partial charge < -0.3 is 6.16 Å². The minimum absolute atomic E-state index is 0. The van der Waals surface area contributed by atoms with Crippen molar-refractivity contribution in [3.8, 4) is 0 Å². The van der Waals surface area contributed by atoms with E-state index in [0.29, 0.717) is 13.0 Å². The molecule has 0 aliphatic rings. The van der Waals surface area contributed by atoms with Crippen LogP contribution in [0, 0.1) is 0 Å². The first-order valence-corrected chi connectivity index (χ1v) is 15.0. The second-order valence-corrected chi connectivity index (χ2v) is 10.1. The number of esters is 1. The van der Waals surface area contributed by atoms with Crippen molar-refractivity contribution in [2.75, 3.05) is 6.61 Å². The Labute approximate surface area is 222 Å². The molecule has 0 unspecified atom stereocenters. The summed E-state index contributed by atoms with van der Waals surface area (Å²) < 4.78 is 5.39. The molecule has 0 aromatic rings. The van der Waals surface area contributed by atoms with Crippen LogP contribution in [0.25, 0.3) is 0 Å². The Hall–Kier alpha value is 0.0674. The fourth-order valence-corrected chi connectivity index (χ4v) is 4.49. The molecular formula is C30H61LiO2. The third-order valence-electron chi connectivity index (χ3n) is 6.75. The van der Waals surface area contributed by atoms with E-state index in [1.165, 1.54) is 148 Å². The summed E-state index contributed by atoms with van der Waals surface area (Å²) in [5, 5.41) is 0. The monoisotopic (exact) mass is 460 g/mol. The number of hydrogen-bond donors (Lipinski definition) is 0. The van der Waals surface area contributed by atoms with Crippen LogP contribution in [-0.2, 0) is 9.53 Å². The molecule has 0 amide bonds. The molecule has 0 aromatic carbocycles. The molecule has 33 heavy (non-hydrogen) atoms. The molecule has 0 fully saturated rings. The molecule has 0 spiro atoms. The van der Waals surface area contributed by atoms with Gasteiger partial charge in [0.2, 0.25) is 0 Å². The summed E-state index contributed by atoms with van der Waals surface area (Å²) in [6.45, 7) is 5.19. The molecule has 3 heteroatoms. The largest absolute Gasteiger partial charge is 1.00 e. The van der Waals surface area contributed by atoms with Crippen LogP contribution in [0.1, 0.15) is 182 Å². The van der Waals surface area contributed by atoms with Gasteiger partial charge >= 0.3 is 24.8 Å². The fraction of sp³-hybridized carbons (Fsp3) is 0.967. The summed E-state index contributed by atoms with van der Waals surface area (Å²) >= 11 is 0. The number of rotatable bonds is 27. The molecular weight excluding hydrogens is 399 g/mol. The van der Waals surface area contributed by atoms with Crippen LogP contribution in [0.2, 0.25) is 0 Å². The SMILES string of the molecule is CCCCCCCCCCCCCCCCCC(=O)OCCCCCCCCCCCC.[H-].[Li+]. The molecule has 0 aliphatic heterocycles. The average Bonchev–Trinajstić information content (AvgIpc) is 2.80. The number of unbranched alkanes of at least 4 members (excludes halogenated alkanes) is 23. The van der Waals surface area contributed by atoms with Crippen molar-refractivity contribution in [3.05, 3.63) is 0 Å². The normalized spacial score (nSPS) is 10.8. The predicted octanol–water partition coefficient (Wildman–Crippen LogP) is 7.83. The van der Waals surface area contributed by atoms with Crippen molar-refractivity contribution >= 4 is 5.97 Å². The summed E-state index contributed by atoms with van der Waals surface area (Å²) in [5.41, 5.74) is 0. The number of ether oxygens (including phenoxy) is 1. The zero-order valence-electron chi connectivity index (χ0n) is 24.4. The first-order valence-electron chi connectivity index (χ1n) is 15.0. The van der Waals surface area contributed by atoms with Gasteiger partial charge in [0.05, 0.1) is 6.61 Å². The third kappa shape index (κ3) is 32.1. The van der Waals surface area contributed by atoms with E-state index in [-0.39, 0.29) is 26.3 Å². The summed E-state index contributed by atoms with van der Waals surface area (Å²) in [6.07, 6.45) is 34.2. The molecule has 0 heterocycles. The van der Waals surface area contributed by atoms with Crippen molar-refractivity contribution in [1.82, 2.24) is 0 Å². The van der Waals surface area contributed by atoms with E-state index >= 15 is 0 Å². The summed E-state index contributed by atoms with van der Waals surface area (Å²) in [4.78, 5) is 11.8. The van der Waals surface area contributed by atoms with Gasteiger partial charge in [-0.05, 0) is 12.8 Å². The molecule has 0 radical (unpaired) electrons. The zero-order chi connectivity index (χ0) is 23.4. The summed E-state index contributed by atoms with van der Waals surface area (Å²) in [6, 6.07) is 0. The quantitative estimate of drug-likeness (QED) is 0.0709. The maximum Gasteiger partial charge on any atom is 1.00 e. The molecule has 0 aromatic heterocycles. The van der Waals surface area contributed by atoms with Gasteiger partial charge in [-0.3, -0.25) is 4.79 Å². The minimum atomic E-state index is 0. The first kappa shape index (κ1) is 35.2. The Morgan fingerprint density at radius 1 is 0.455 bits per heavy atom. The molecule has 0 saturated carbocycles. The molecule has 2 nitrogen and oxygen atoms in total. The predicted molar refractivity (Wildman–Crippen MR) is 143 cm³/mol. The van der Waals surface area contributed by atoms with Crippen LogP contribution in [0.5, 0.6) is 0 Å². The standard InChI is InChI=1S/C30H60O2.Li.H/c1-3-5-7-9-11-13-15-16-17-18-19-20-22-24-26-28-30(31)32-29-27-25-23-21-14-12-10-8-6-4-2;;/h3-29H2,1-2H3;;/q;+1;-1. The minimum Gasteiger partial charge on any atom is -1.00 e. The summed E-state index contributed by atoms with van der Waals surface area (Å²) in [5.74, 6) is 0.0237. The Balaban J connectivity index is -0.00000480. The van der Waals surface area contributed by atoms with E-state index in [2.05, 4.69) is 13.8 Å². The van der Waals surface area contributed by atoms with Gasteiger partial charge in [-0.1, -0.05) is 162 Å². The van der Waals surface area contributed by atoms with E-state index < -0.39 is 0 Å². The van der Waals surface area contributed by atoms with Crippen LogP contribution in [0.15, 0.2) is 0 Å². The molecule has 0 atom stereocenters. The van der Waals surface area contributed by atoms with Crippen LogP contribution in [0.3, 0.4) is 0 Å². The molecule has 0 N–H and O–H groups in total. The Morgan fingerprint density at radius 2 is 0.727 bits per heavy atom. The molecule has 0 aliphatic carbocycles. The van der Waals surface area contributed by atoms with Crippen molar-refractivity contribution < 1.29 is 29.8 Å². The van der Waals surface area contributed by atoms with E-state index in [1.807, 2.05) is 0 Å². The molecule has 0 saturated heterocycles. The topological polar surface area (TPSA) is 26.3 Å². The van der Waals surface area contributed by atoms with Gasteiger partial charge in [0.1, 0.15) is 0 Å². The molecule has 194 valence electrons. The van der Waals surface area contributed by atoms with Crippen molar-refractivity contribution in [2.45, 2.75) is 181 Å². The van der Waals surface area contributed by atoms with Crippen molar-refractivity contribution in [1.29, 1.82) is 0 Å². The number of carbonyl (C=O) groups excluding carboxylic acids is 1. The number of carbonyl (C=O) groups is 1. The number of hydrogen-bond acceptors (Lipinski definition) is 2. The van der Waals surface area contributed by atoms with Gasteiger partial charge in [0, 0.05) is 6.42 Å². The van der Waals surface area contributed by atoms with E-state index in [9.17, 15) is 4.79 Å². The Bertz CT molecular complexity index is 366. The first-order chi connectivity index (χ1) is 15.8. The Kier molecular flexibility index (Phi) is 34.2. The van der Waals surface area contributed by atoms with Gasteiger partial charge in [-0.2, -0.15) is 0 Å². The van der Waals surface area contributed by atoms with Gasteiger partial charge in [-0.15, -0.1) is 0 Å². The third-order valence-corrected chi connectivity index (χ3v) is 6.75. The zero-order valence-corrected chi connectivity index (χ0v) is 23.4.